The predicted molar refractivity (Wildman–Crippen MR) is 89.0 cm³/mol. The molecule has 2 aliphatic rings. The minimum atomic E-state index is 0.391. The summed E-state index contributed by atoms with van der Waals surface area (Å²) in [5.74, 6) is 2.04. The molecule has 4 rings (SSSR count). The van der Waals surface area contributed by atoms with Gasteiger partial charge in [0.05, 0.1) is 6.54 Å². The molecule has 1 atom stereocenters. The van der Waals surface area contributed by atoms with Crippen LogP contribution in [0.3, 0.4) is 0 Å². The van der Waals surface area contributed by atoms with Crippen LogP contribution < -0.4 is 4.90 Å². The molecule has 23 heavy (non-hydrogen) atoms. The zero-order valence-electron chi connectivity index (χ0n) is 13.7. The van der Waals surface area contributed by atoms with E-state index in [1.165, 1.54) is 19.3 Å². The largest absolute Gasteiger partial charge is 0.340 e. The highest BCUT2D eigenvalue weighted by molar-refractivity contribution is 5.30. The zero-order chi connectivity index (χ0) is 15.7. The van der Waals surface area contributed by atoms with E-state index >= 15 is 0 Å². The van der Waals surface area contributed by atoms with Crippen molar-refractivity contribution in [2.24, 2.45) is 12.5 Å². The van der Waals surface area contributed by atoms with E-state index < -0.39 is 0 Å². The second kappa shape index (κ2) is 5.92. The van der Waals surface area contributed by atoms with E-state index in [9.17, 15) is 0 Å². The lowest BCUT2D eigenvalue weighted by molar-refractivity contribution is 0.212. The summed E-state index contributed by atoms with van der Waals surface area (Å²) in [5, 5.41) is 0. The molecule has 2 saturated heterocycles. The molecule has 2 aliphatic heterocycles. The summed E-state index contributed by atoms with van der Waals surface area (Å²) in [6, 6.07) is 1.88. The first-order valence-electron chi connectivity index (χ1n) is 8.45. The number of piperidine rings is 1. The van der Waals surface area contributed by atoms with Gasteiger partial charge in [-0.25, -0.2) is 15.0 Å². The third-order valence-corrected chi connectivity index (χ3v) is 5.30. The normalized spacial score (nSPS) is 25.3. The van der Waals surface area contributed by atoms with Gasteiger partial charge in [0.2, 0.25) is 5.95 Å². The van der Waals surface area contributed by atoms with Gasteiger partial charge < -0.3 is 9.47 Å². The first-order chi connectivity index (χ1) is 11.2. The van der Waals surface area contributed by atoms with Crippen molar-refractivity contribution in [3.63, 3.8) is 0 Å². The van der Waals surface area contributed by atoms with Gasteiger partial charge in [-0.2, -0.15) is 0 Å². The summed E-state index contributed by atoms with van der Waals surface area (Å²) >= 11 is 0. The van der Waals surface area contributed by atoms with Crippen LogP contribution in [0, 0.1) is 5.41 Å². The number of anilines is 1. The van der Waals surface area contributed by atoms with Crippen LogP contribution >= 0.6 is 0 Å². The Morgan fingerprint density at radius 2 is 1.91 bits per heavy atom. The van der Waals surface area contributed by atoms with Crippen LogP contribution in [0.2, 0.25) is 0 Å². The molecule has 0 bridgehead atoms. The summed E-state index contributed by atoms with van der Waals surface area (Å²) in [6.07, 6.45) is 11.4. The van der Waals surface area contributed by atoms with Gasteiger partial charge in [-0.1, -0.05) is 0 Å². The van der Waals surface area contributed by atoms with Crippen LogP contribution in [0.4, 0.5) is 5.95 Å². The minimum Gasteiger partial charge on any atom is -0.340 e. The molecule has 6 heteroatoms. The smallest absolute Gasteiger partial charge is 0.225 e. The summed E-state index contributed by atoms with van der Waals surface area (Å²) in [5.41, 5.74) is 0.391. The monoisotopic (exact) mass is 312 g/mol. The molecule has 1 unspecified atom stereocenters. The quantitative estimate of drug-likeness (QED) is 0.863. The van der Waals surface area contributed by atoms with Gasteiger partial charge in [0.25, 0.3) is 0 Å². The Hall–Kier alpha value is -1.95. The first kappa shape index (κ1) is 14.6. The maximum absolute atomic E-state index is 4.47. The predicted octanol–water partition coefficient (Wildman–Crippen LogP) is 1.70. The Morgan fingerprint density at radius 1 is 1.04 bits per heavy atom. The van der Waals surface area contributed by atoms with Crippen molar-refractivity contribution in [3.05, 3.63) is 36.7 Å². The van der Waals surface area contributed by atoms with Gasteiger partial charge in [-0.15, -0.1) is 0 Å². The molecule has 0 N–H and O–H groups in total. The van der Waals surface area contributed by atoms with E-state index in [0.717, 1.165) is 44.5 Å². The van der Waals surface area contributed by atoms with E-state index in [-0.39, 0.29) is 0 Å². The van der Waals surface area contributed by atoms with Gasteiger partial charge in [-0.05, 0) is 31.9 Å². The summed E-state index contributed by atoms with van der Waals surface area (Å²) in [4.78, 5) is 18.3. The molecular weight excluding hydrogens is 288 g/mol. The van der Waals surface area contributed by atoms with Crippen molar-refractivity contribution < 1.29 is 0 Å². The Morgan fingerprint density at radius 3 is 2.70 bits per heavy atom. The number of aromatic nitrogens is 4. The molecule has 0 saturated carbocycles. The molecule has 0 aliphatic carbocycles. The molecule has 0 amide bonds. The Kier molecular flexibility index (Phi) is 3.77. The number of aryl methyl sites for hydroxylation is 1. The lowest BCUT2D eigenvalue weighted by Gasteiger charge is -2.40. The molecule has 6 nitrogen and oxygen atoms in total. The van der Waals surface area contributed by atoms with E-state index in [1.807, 2.05) is 30.9 Å². The summed E-state index contributed by atoms with van der Waals surface area (Å²) < 4.78 is 2.12. The molecule has 0 aromatic carbocycles. The van der Waals surface area contributed by atoms with Crippen molar-refractivity contribution in [2.75, 3.05) is 31.1 Å². The number of hydrogen-bond donors (Lipinski definition) is 0. The van der Waals surface area contributed by atoms with Gasteiger partial charge in [0.1, 0.15) is 5.82 Å². The third-order valence-electron chi connectivity index (χ3n) is 5.30. The number of likely N-dealkylation sites (tertiary alicyclic amines) is 1. The van der Waals surface area contributed by atoms with E-state index in [1.54, 1.807) is 0 Å². The SMILES string of the molecule is Cn1ccnc1CN1CCC2(CCCN(c3ncccn3)C2)C1. The average Bonchev–Trinajstić information content (AvgIpc) is 3.16. The van der Waals surface area contributed by atoms with Gasteiger partial charge in [-0.3, -0.25) is 4.90 Å². The van der Waals surface area contributed by atoms with Gasteiger partial charge in [0, 0.05) is 56.9 Å². The molecule has 122 valence electrons. The zero-order valence-corrected chi connectivity index (χ0v) is 13.7. The maximum atomic E-state index is 4.47. The van der Waals surface area contributed by atoms with Crippen LogP contribution in [0.15, 0.2) is 30.9 Å². The van der Waals surface area contributed by atoms with Crippen molar-refractivity contribution >= 4 is 5.95 Å². The average molecular weight is 312 g/mol. The third kappa shape index (κ3) is 2.95. The fourth-order valence-electron chi connectivity index (χ4n) is 4.08. The van der Waals surface area contributed by atoms with Crippen LogP contribution in [-0.4, -0.2) is 50.6 Å². The first-order valence-corrected chi connectivity index (χ1v) is 8.45. The fraction of sp³-hybridized carbons (Fsp3) is 0.588. The van der Waals surface area contributed by atoms with Crippen LogP contribution in [-0.2, 0) is 13.6 Å². The maximum Gasteiger partial charge on any atom is 0.225 e. The van der Waals surface area contributed by atoms with Crippen molar-refractivity contribution in [2.45, 2.75) is 25.8 Å². The Balaban J connectivity index is 1.44. The second-order valence-electron chi connectivity index (χ2n) is 6.99. The lowest BCUT2D eigenvalue weighted by atomic mass is 9.79. The van der Waals surface area contributed by atoms with E-state index in [0.29, 0.717) is 5.41 Å². The van der Waals surface area contributed by atoms with E-state index in [2.05, 4.69) is 36.4 Å². The Bertz CT molecular complexity index is 654. The van der Waals surface area contributed by atoms with Crippen LogP contribution in [0.5, 0.6) is 0 Å². The highest BCUT2D eigenvalue weighted by Gasteiger charge is 2.41. The topological polar surface area (TPSA) is 50.1 Å². The van der Waals surface area contributed by atoms with Crippen LogP contribution in [0.1, 0.15) is 25.1 Å². The van der Waals surface area contributed by atoms with Crippen molar-refractivity contribution in [1.29, 1.82) is 0 Å². The number of nitrogens with zero attached hydrogens (tertiary/aromatic N) is 6. The molecule has 0 radical (unpaired) electrons. The van der Waals surface area contributed by atoms with Gasteiger partial charge >= 0.3 is 0 Å². The van der Waals surface area contributed by atoms with Crippen molar-refractivity contribution in [1.82, 2.24) is 24.4 Å². The molecule has 2 aromatic rings. The highest BCUT2D eigenvalue weighted by Crippen LogP contribution is 2.40. The van der Waals surface area contributed by atoms with Crippen molar-refractivity contribution in [3.8, 4) is 0 Å². The van der Waals surface area contributed by atoms with Gasteiger partial charge in [0.15, 0.2) is 0 Å². The number of rotatable bonds is 3. The van der Waals surface area contributed by atoms with E-state index in [4.69, 9.17) is 0 Å². The Labute approximate surface area is 137 Å². The molecule has 4 heterocycles. The number of imidazole rings is 1. The fourth-order valence-corrected chi connectivity index (χ4v) is 4.08. The summed E-state index contributed by atoms with van der Waals surface area (Å²) in [7, 11) is 2.07. The number of hydrogen-bond acceptors (Lipinski definition) is 5. The second-order valence-corrected chi connectivity index (χ2v) is 6.99. The lowest BCUT2D eigenvalue weighted by Crippen LogP contribution is -2.45. The molecule has 1 spiro atoms. The summed E-state index contributed by atoms with van der Waals surface area (Å²) in [6.45, 7) is 5.42. The van der Waals surface area contributed by atoms with Crippen LogP contribution in [0.25, 0.3) is 0 Å². The molecule has 2 aromatic heterocycles. The minimum absolute atomic E-state index is 0.391. The standard InChI is InChI=1S/C17H24N6/c1-21-11-8-18-15(21)12-22-10-5-17(13-22)4-2-9-23(14-17)16-19-6-3-7-20-16/h3,6-8,11H,2,4-5,9-10,12-14H2,1H3. The highest BCUT2D eigenvalue weighted by atomic mass is 15.3. The molecular formula is C17H24N6. The molecule has 2 fully saturated rings.